The van der Waals surface area contributed by atoms with E-state index >= 15 is 0 Å². The van der Waals surface area contributed by atoms with Gasteiger partial charge in [-0.05, 0) is 38.2 Å². The quantitative estimate of drug-likeness (QED) is 0.911. The first-order valence-electron chi connectivity index (χ1n) is 8.17. The van der Waals surface area contributed by atoms with Gasteiger partial charge in [0.2, 0.25) is 0 Å². The molecule has 2 fully saturated rings. The van der Waals surface area contributed by atoms with Gasteiger partial charge in [0.15, 0.2) is 0 Å². The maximum atomic E-state index is 12.4. The number of aryl methyl sites for hydroxylation is 1. The third-order valence-electron chi connectivity index (χ3n) is 4.93. The number of carbonyl (C=O) groups is 1. The van der Waals surface area contributed by atoms with Gasteiger partial charge in [-0.2, -0.15) is 5.26 Å². The van der Waals surface area contributed by atoms with Crippen molar-refractivity contribution in [3.05, 3.63) is 35.4 Å². The fraction of sp³-hybridized carbons (Fsp3) is 0.556. The lowest BCUT2D eigenvalue weighted by Gasteiger charge is -2.20. The fourth-order valence-electron chi connectivity index (χ4n) is 3.64. The van der Waals surface area contributed by atoms with Crippen LogP contribution >= 0.6 is 0 Å². The van der Waals surface area contributed by atoms with Crippen LogP contribution in [0.15, 0.2) is 24.3 Å². The number of likely N-dealkylation sites (tertiary alicyclic amines) is 1. The lowest BCUT2D eigenvalue weighted by Crippen LogP contribution is -2.42. The smallest absolute Gasteiger partial charge is 0.317 e. The zero-order valence-corrected chi connectivity index (χ0v) is 13.1. The van der Waals surface area contributed by atoms with Crippen LogP contribution in [0.25, 0.3) is 0 Å². The van der Waals surface area contributed by atoms with E-state index in [2.05, 4.69) is 42.6 Å². The van der Waals surface area contributed by atoms with E-state index in [1.165, 1.54) is 11.1 Å². The second kappa shape index (κ2) is 6.39. The van der Waals surface area contributed by atoms with E-state index in [1.54, 1.807) is 0 Å². The number of hydrogen-bond donors (Lipinski definition) is 1. The van der Waals surface area contributed by atoms with Gasteiger partial charge in [-0.1, -0.05) is 29.8 Å². The molecule has 4 nitrogen and oxygen atoms in total. The summed E-state index contributed by atoms with van der Waals surface area (Å²) in [5.74, 6) is 0.560. The highest BCUT2D eigenvalue weighted by molar-refractivity contribution is 5.75. The zero-order valence-electron chi connectivity index (χ0n) is 13.1. The Morgan fingerprint density at radius 2 is 2.23 bits per heavy atom. The Morgan fingerprint density at radius 1 is 1.36 bits per heavy atom. The van der Waals surface area contributed by atoms with Gasteiger partial charge in [0, 0.05) is 31.0 Å². The molecule has 4 heteroatoms. The maximum Gasteiger partial charge on any atom is 0.317 e. The molecular weight excluding hydrogens is 274 g/mol. The highest BCUT2D eigenvalue weighted by atomic mass is 16.2. The summed E-state index contributed by atoms with van der Waals surface area (Å²) >= 11 is 0. The molecule has 1 N–H and O–H groups in total. The molecule has 0 bridgehead atoms. The Morgan fingerprint density at radius 3 is 2.95 bits per heavy atom. The molecular formula is C18H23N3O. The van der Waals surface area contributed by atoms with Crippen LogP contribution in [0.3, 0.4) is 0 Å². The monoisotopic (exact) mass is 297 g/mol. The predicted molar refractivity (Wildman–Crippen MR) is 85.4 cm³/mol. The first kappa shape index (κ1) is 14.9. The van der Waals surface area contributed by atoms with Gasteiger partial charge in [0.05, 0.1) is 6.07 Å². The number of nitrogens with one attached hydrogen (secondary N) is 1. The molecule has 1 aliphatic carbocycles. The van der Waals surface area contributed by atoms with Gasteiger partial charge in [-0.25, -0.2) is 4.79 Å². The predicted octanol–water partition coefficient (Wildman–Crippen LogP) is 3.19. The molecule has 2 amide bonds. The number of carbonyl (C=O) groups excluding carboxylic acids is 1. The van der Waals surface area contributed by atoms with E-state index in [-0.39, 0.29) is 18.0 Å². The van der Waals surface area contributed by atoms with Crippen LogP contribution in [0.4, 0.5) is 4.79 Å². The van der Waals surface area contributed by atoms with E-state index in [9.17, 15) is 4.79 Å². The molecule has 22 heavy (non-hydrogen) atoms. The molecule has 0 aromatic heterocycles. The molecule has 116 valence electrons. The highest BCUT2D eigenvalue weighted by Gasteiger charge is 2.31. The molecule has 1 saturated carbocycles. The second-order valence-corrected chi connectivity index (χ2v) is 6.63. The van der Waals surface area contributed by atoms with Crippen LogP contribution in [-0.4, -0.2) is 30.1 Å². The minimum Gasteiger partial charge on any atom is -0.335 e. The van der Waals surface area contributed by atoms with Crippen molar-refractivity contribution in [1.82, 2.24) is 10.2 Å². The molecule has 0 spiro atoms. The molecule has 1 unspecified atom stereocenters. The van der Waals surface area contributed by atoms with Gasteiger partial charge >= 0.3 is 6.03 Å². The van der Waals surface area contributed by atoms with Gasteiger partial charge in [0.25, 0.3) is 0 Å². The van der Waals surface area contributed by atoms with Crippen molar-refractivity contribution in [1.29, 1.82) is 5.26 Å². The number of rotatable bonds is 2. The van der Waals surface area contributed by atoms with E-state index in [1.807, 2.05) is 4.90 Å². The standard InChI is InChI=1S/C18H23N3O/c1-13-3-2-4-15(9-13)16-7-8-21(12-16)18(22)20-17-6-5-14(10-17)11-19/h2-4,9,14,16-17H,5-8,10,12H2,1H3,(H,20,22)/t14-,16?,17+/m0/s1. The Labute approximate surface area is 132 Å². The molecule has 1 aromatic carbocycles. The SMILES string of the molecule is Cc1cccc(C2CCN(C(=O)N[C@@H]3CC[C@H](C#N)C3)C2)c1. The minimum absolute atomic E-state index is 0.0405. The second-order valence-electron chi connectivity index (χ2n) is 6.63. The van der Waals surface area contributed by atoms with Gasteiger partial charge < -0.3 is 10.2 Å². The number of benzene rings is 1. The van der Waals surface area contributed by atoms with Crippen molar-refractivity contribution >= 4 is 6.03 Å². The van der Waals surface area contributed by atoms with Crippen molar-refractivity contribution < 1.29 is 4.79 Å². The molecule has 3 rings (SSSR count). The molecule has 1 aromatic rings. The number of nitriles is 1. The van der Waals surface area contributed by atoms with Crippen LogP contribution in [0.5, 0.6) is 0 Å². The van der Waals surface area contributed by atoms with E-state index in [0.29, 0.717) is 5.92 Å². The maximum absolute atomic E-state index is 12.4. The lowest BCUT2D eigenvalue weighted by molar-refractivity contribution is 0.204. The summed E-state index contributed by atoms with van der Waals surface area (Å²) in [6, 6.07) is 11.1. The minimum atomic E-state index is 0.0405. The van der Waals surface area contributed by atoms with Crippen molar-refractivity contribution in [3.63, 3.8) is 0 Å². The van der Waals surface area contributed by atoms with Crippen molar-refractivity contribution in [2.45, 2.75) is 44.6 Å². The summed E-state index contributed by atoms with van der Waals surface area (Å²) in [6.07, 6.45) is 3.67. The van der Waals surface area contributed by atoms with Crippen LogP contribution in [0.2, 0.25) is 0 Å². The number of amides is 2. The van der Waals surface area contributed by atoms with Crippen molar-refractivity contribution in [3.8, 4) is 6.07 Å². The molecule has 1 heterocycles. The lowest BCUT2D eigenvalue weighted by atomic mass is 9.97. The summed E-state index contributed by atoms with van der Waals surface area (Å²) in [5.41, 5.74) is 2.61. The first-order chi connectivity index (χ1) is 10.7. The molecule has 2 aliphatic rings. The molecule has 1 saturated heterocycles. The Balaban J connectivity index is 1.54. The van der Waals surface area contributed by atoms with Gasteiger partial charge in [0.1, 0.15) is 0 Å². The summed E-state index contributed by atoms with van der Waals surface area (Å²) in [7, 11) is 0. The Hall–Kier alpha value is -2.02. The number of hydrogen-bond acceptors (Lipinski definition) is 2. The van der Waals surface area contributed by atoms with Gasteiger partial charge in [-0.15, -0.1) is 0 Å². The Bertz CT molecular complexity index is 592. The average molecular weight is 297 g/mol. The fourth-order valence-corrected chi connectivity index (χ4v) is 3.64. The summed E-state index contributed by atoms with van der Waals surface area (Å²) in [6.45, 7) is 3.72. The Kier molecular flexibility index (Phi) is 4.33. The first-order valence-corrected chi connectivity index (χ1v) is 8.17. The third-order valence-corrected chi connectivity index (χ3v) is 4.93. The van der Waals surface area contributed by atoms with E-state index < -0.39 is 0 Å². The van der Waals surface area contributed by atoms with Crippen LogP contribution in [0.1, 0.15) is 42.7 Å². The summed E-state index contributed by atoms with van der Waals surface area (Å²) in [5, 5.41) is 12.0. The number of nitrogens with zero attached hydrogens (tertiary/aromatic N) is 2. The van der Waals surface area contributed by atoms with E-state index in [0.717, 1.165) is 38.8 Å². The normalized spacial score (nSPS) is 27.6. The topological polar surface area (TPSA) is 56.1 Å². The molecule has 3 atom stereocenters. The van der Waals surface area contributed by atoms with Crippen molar-refractivity contribution in [2.75, 3.05) is 13.1 Å². The summed E-state index contributed by atoms with van der Waals surface area (Å²) < 4.78 is 0. The highest BCUT2D eigenvalue weighted by Crippen LogP contribution is 2.29. The van der Waals surface area contributed by atoms with Crippen LogP contribution in [0, 0.1) is 24.2 Å². The van der Waals surface area contributed by atoms with E-state index in [4.69, 9.17) is 5.26 Å². The van der Waals surface area contributed by atoms with Crippen molar-refractivity contribution in [2.24, 2.45) is 5.92 Å². The molecule has 0 radical (unpaired) electrons. The van der Waals surface area contributed by atoms with Gasteiger partial charge in [-0.3, -0.25) is 0 Å². The summed E-state index contributed by atoms with van der Waals surface area (Å²) in [4.78, 5) is 14.3. The average Bonchev–Trinajstić information content (AvgIpc) is 3.16. The van der Waals surface area contributed by atoms with Crippen LogP contribution in [-0.2, 0) is 0 Å². The zero-order chi connectivity index (χ0) is 15.5. The number of urea groups is 1. The third kappa shape index (κ3) is 3.24. The molecule has 1 aliphatic heterocycles. The largest absolute Gasteiger partial charge is 0.335 e. The van der Waals surface area contributed by atoms with Crippen LogP contribution < -0.4 is 5.32 Å².